The standard InChI is InChI=1S/C16H21NO/c1-4-5-8-11-17-12(2)16(13(3)18)14-9-6-7-10-15(14)17/h6-7,9-10H,4-5,8,11H2,1-3H3. The van der Waals surface area contributed by atoms with E-state index < -0.39 is 0 Å². The topological polar surface area (TPSA) is 22.0 Å². The van der Waals surface area contributed by atoms with Crippen molar-refractivity contribution >= 4 is 16.7 Å². The molecule has 0 saturated carbocycles. The van der Waals surface area contributed by atoms with Crippen LogP contribution in [0.25, 0.3) is 10.9 Å². The summed E-state index contributed by atoms with van der Waals surface area (Å²) in [5, 5.41) is 1.10. The van der Waals surface area contributed by atoms with Crippen LogP contribution in [0.2, 0.25) is 0 Å². The highest BCUT2D eigenvalue weighted by Gasteiger charge is 2.16. The van der Waals surface area contributed by atoms with Gasteiger partial charge in [0.25, 0.3) is 0 Å². The molecule has 0 aliphatic heterocycles. The Hall–Kier alpha value is -1.57. The van der Waals surface area contributed by atoms with Gasteiger partial charge in [0.1, 0.15) is 0 Å². The Morgan fingerprint density at radius 1 is 1.22 bits per heavy atom. The van der Waals surface area contributed by atoms with Gasteiger partial charge in [0.05, 0.1) is 0 Å². The van der Waals surface area contributed by atoms with Crippen molar-refractivity contribution in [2.24, 2.45) is 0 Å². The number of nitrogens with zero attached hydrogens (tertiary/aromatic N) is 1. The molecule has 0 aliphatic rings. The molecule has 0 unspecified atom stereocenters. The molecule has 1 heterocycles. The number of aryl methyl sites for hydroxylation is 1. The summed E-state index contributed by atoms with van der Waals surface area (Å²) in [4.78, 5) is 11.8. The van der Waals surface area contributed by atoms with Gasteiger partial charge in [0.2, 0.25) is 0 Å². The number of ketones is 1. The Kier molecular flexibility index (Phi) is 3.85. The molecule has 0 aliphatic carbocycles. The van der Waals surface area contributed by atoms with Crippen molar-refractivity contribution in [3.63, 3.8) is 0 Å². The van der Waals surface area contributed by atoms with Gasteiger partial charge in [0, 0.05) is 28.7 Å². The van der Waals surface area contributed by atoms with E-state index in [1.54, 1.807) is 6.92 Å². The smallest absolute Gasteiger partial charge is 0.162 e. The minimum Gasteiger partial charge on any atom is -0.344 e. The molecule has 2 rings (SSSR count). The van der Waals surface area contributed by atoms with Crippen LogP contribution in [0.1, 0.15) is 49.2 Å². The highest BCUT2D eigenvalue weighted by molar-refractivity contribution is 6.08. The van der Waals surface area contributed by atoms with Gasteiger partial charge in [-0.15, -0.1) is 0 Å². The predicted octanol–water partition coefficient (Wildman–Crippen LogP) is 4.34. The summed E-state index contributed by atoms with van der Waals surface area (Å²) in [5.41, 5.74) is 3.19. The lowest BCUT2D eigenvalue weighted by molar-refractivity contribution is 0.101. The van der Waals surface area contributed by atoms with Crippen molar-refractivity contribution in [1.29, 1.82) is 0 Å². The number of Topliss-reactive ketones (excluding diaryl/α,β-unsaturated/α-hetero) is 1. The lowest BCUT2D eigenvalue weighted by atomic mass is 10.1. The second-order valence-corrected chi connectivity index (χ2v) is 4.89. The molecule has 0 N–H and O–H groups in total. The fourth-order valence-electron chi connectivity index (χ4n) is 2.68. The molecule has 18 heavy (non-hydrogen) atoms. The Morgan fingerprint density at radius 3 is 2.61 bits per heavy atom. The average molecular weight is 243 g/mol. The number of hydrogen-bond donors (Lipinski definition) is 0. The molecule has 2 aromatic rings. The van der Waals surface area contributed by atoms with Crippen molar-refractivity contribution < 1.29 is 4.79 Å². The monoisotopic (exact) mass is 243 g/mol. The number of hydrogen-bond acceptors (Lipinski definition) is 1. The van der Waals surface area contributed by atoms with Crippen LogP contribution in [-0.4, -0.2) is 10.4 Å². The molecule has 0 amide bonds. The lowest BCUT2D eigenvalue weighted by Gasteiger charge is -2.07. The summed E-state index contributed by atoms with van der Waals surface area (Å²) in [6, 6.07) is 8.21. The van der Waals surface area contributed by atoms with Crippen LogP contribution < -0.4 is 0 Å². The van der Waals surface area contributed by atoms with E-state index in [4.69, 9.17) is 0 Å². The fraction of sp³-hybridized carbons (Fsp3) is 0.438. The van der Waals surface area contributed by atoms with Crippen molar-refractivity contribution in [2.75, 3.05) is 0 Å². The van der Waals surface area contributed by atoms with Gasteiger partial charge in [-0.3, -0.25) is 4.79 Å². The largest absolute Gasteiger partial charge is 0.344 e. The van der Waals surface area contributed by atoms with E-state index >= 15 is 0 Å². The van der Waals surface area contributed by atoms with Crippen LogP contribution in [0.4, 0.5) is 0 Å². The first kappa shape index (κ1) is 12.9. The maximum Gasteiger partial charge on any atom is 0.162 e. The molecule has 0 radical (unpaired) electrons. The van der Waals surface area contributed by atoms with Gasteiger partial charge in [-0.1, -0.05) is 38.0 Å². The molecule has 96 valence electrons. The van der Waals surface area contributed by atoms with Crippen LogP contribution in [0.15, 0.2) is 24.3 Å². The number of carbonyl (C=O) groups excluding carboxylic acids is 1. The maximum atomic E-state index is 11.8. The van der Waals surface area contributed by atoms with E-state index in [1.165, 1.54) is 24.8 Å². The van der Waals surface area contributed by atoms with Gasteiger partial charge in [0.15, 0.2) is 5.78 Å². The number of fused-ring (bicyclic) bond motifs is 1. The van der Waals surface area contributed by atoms with Crippen LogP contribution in [-0.2, 0) is 6.54 Å². The number of para-hydroxylation sites is 1. The van der Waals surface area contributed by atoms with E-state index in [0.717, 1.165) is 23.2 Å². The van der Waals surface area contributed by atoms with Crippen LogP contribution >= 0.6 is 0 Å². The first-order valence-electron chi connectivity index (χ1n) is 6.75. The number of rotatable bonds is 5. The summed E-state index contributed by atoms with van der Waals surface area (Å²) >= 11 is 0. The third-order valence-electron chi connectivity index (χ3n) is 3.57. The van der Waals surface area contributed by atoms with Crippen LogP contribution in [0, 0.1) is 6.92 Å². The number of unbranched alkanes of at least 4 members (excludes halogenated alkanes) is 2. The highest BCUT2D eigenvalue weighted by Crippen LogP contribution is 2.26. The fourth-order valence-corrected chi connectivity index (χ4v) is 2.68. The third-order valence-corrected chi connectivity index (χ3v) is 3.57. The Labute approximate surface area is 109 Å². The molecule has 0 bridgehead atoms. The first-order valence-corrected chi connectivity index (χ1v) is 6.75. The number of carbonyl (C=O) groups is 1. The molecule has 2 nitrogen and oxygen atoms in total. The molecule has 1 aromatic heterocycles. The first-order chi connectivity index (χ1) is 8.66. The van der Waals surface area contributed by atoms with Crippen LogP contribution in [0.3, 0.4) is 0 Å². The van der Waals surface area contributed by atoms with Gasteiger partial charge >= 0.3 is 0 Å². The summed E-state index contributed by atoms with van der Waals surface area (Å²) < 4.78 is 2.29. The predicted molar refractivity (Wildman–Crippen MR) is 76.2 cm³/mol. The zero-order valence-corrected chi connectivity index (χ0v) is 11.5. The molecular weight excluding hydrogens is 222 g/mol. The molecular formula is C16H21NO. The Bertz CT molecular complexity index is 566. The molecule has 0 atom stereocenters. The van der Waals surface area contributed by atoms with E-state index in [-0.39, 0.29) is 5.78 Å². The van der Waals surface area contributed by atoms with E-state index in [9.17, 15) is 4.79 Å². The van der Waals surface area contributed by atoms with Gasteiger partial charge in [-0.2, -0.15) is 0 Å². The number of benzene rings is 1. The maximum absolute atomic E-state index is 11.8. The summed E-state index contributed by atoms with van der Waals surface area (Å²) in [5.74, 6) is 0.165. The van der Waals surface area contributed by atoms with E-state index in [0.29, 0.717) is 0 Å². The normalized spacial score (nSPS) is 11.1. The zero-order chi connectivity index (χ0) is 13.1. The van der Waals surface area contributed by atoms with Crippen LogP contribution in [0.5, 0.6) is 0 Å². The molecule has 0 fully saturated rings. The van der Waals surface area contributed by atoms with Crippen molar-refractivity contribution in [3.8, 4) is 0 Å². The minimum absolute atomic E-state index is 0.165. The van der Waals surface area contributed by atoms with E-state index in [1.807, 2.05) is 12.1 Å². The quantitative estimate of drug-likeness (QED) is 0.565. The lowest BCUT2D eigenvalue weighted by Crippen LogP contribution is -2.02. The second kappa shape index (κ2) is 5.38. The summed E-state index contributed by atoms with van der Waals surface area (Å²) in [6.45, 7) is 6.93. The summed E-state index contributed by atoms with van der Waals surface area (Å²) in [7, 11) is 0. The van der Waals surface area contributed by atoms with Crippen molar-refractivity contribution in [3.05, 3.63) is 35.5 Å². The van der Waals surface area contributed by atoms with Crippen molar-refractivity contribution in [2.45, 2.75) is 46.6 Å². The van der Waals surface area contributed by atoms with Gasteiger partial charge in [-0.25, -0.2) is 0 Å². The molecule has 0 saturated heterocycles. The number of aromatic nitrogens is 1. The zero-order valence-electron chi connectivity index (χ0n) is 11.5. The average Bonchev–Trinajstić information content (AvgIpc) is 2.63. The highest BCUT2D eigenvalue weighted by atomic mass is 16.1. The van der Waals surface area contributed by atoms with Gasteiger partial charge < -0.3 is 4.57 Å². The summed E-state index contributed by atoms with van der Waals surface area (Å²) in [6.07, 6.45) is 3.63. The van der Waals surface area contributed by atoms with Crippen molar-refractivity contribution in [1.82, 2.24) is 4.57 Å². The molecule has 1 aromatic carbocycles. The van der Waals surface area contributed by atoms with Gasteiger partial charge in [-0.05, 0) is 26.3 Å². The second-order valence-electron chi connectivity index (χ2n) is 4.89. The Balaban J connectivity index is 2.51. The SMILES string of the molecule is CCCCCn1c(C)c(C(C)=O)c2ccccc21. The Morgan fingerprint density at radius 2 is 1.94 bits per heavy atom. The molecule has 0 spiro atoms. The minimum atomic E-state index is 0.165. The molecule has 2 heteroatoms. The third kappa shape index (κ3) is 2.20. The van der Waals surface area contributed by atoms with E-state index in [2.05, 4.69) is 30.5 Å².